The number of esters is 1. The molecule has 0 amide bonds. The van der Waals surface area contributed by atoms with E-state index < -0.39 is 5.97 Å². The highest BCUT2D eigenvalue weighted by Gasteiger charge is 2.16. The van der Waals surface area contributed by atoms with Crippen LogP contribution in [0.15, 0.2) is 53.3 Å². The van der Waals surface area contributed by atoms with Crippen LogP contribution < -0.4 is 25.8 Å². The van der Waals surface area contributed by atoms with Crippen LogP contribution in [0, 0.1) is 11.3 Å². The number of benzene rings is 2. The zero-order chi connectivity index (χ0) is 23.8. The van der Waals surface area contributed by atoms with E-state index in [2.05, 4.69) is 5.32 Å². The molecule has 0 atom stereocenters. The predicted molar refractivity (Wildman–Crippen MR) is 132 cm³/mol. The van der Waals surface area contributed by atoms with Crippen LogP contribution in [0.4, 0.5) is 11.4 Å². The third kappa shape index (κ3) is 5.90. The molecule has 8 heteroatoms. The molecule has 7 nitrogen and oxygen atoms in total. The summed E-state index contributed by atoms with van der Waals surface area (Å²) in [5.41, 5.74) is 9.33. The number of hydrogen-bond donors (Lipinski definition) is 2. The fourth-order valence-corrected chi connectivity index (χ4v) is 4.34. The van der Waals surface area contributed by atoms with Gasteiger partial charge < -0.3 is 15.8 Å². The SMILES string of the molecule is CCOC(=O)C(C#N)=c1sc(=CNc2ccc(CCc3ccc(N)cc3)cc2)c(=O)n1CC. The highest BCUT2D eigenvalue weighted by Crippen LogP contribution is 2.13. The number of nitrogens with zero attached hydrogens (tertiary/aromatic N) is 2. The summed E-state index contributed by atoms with van der Waals surface area (Å²) in [4.78, 5) is 24.9. The Morgan fingerprint density at radius 1 is 1.12 bits per heavy atom. The lowest BCUT2D eigenvalue weighted by Crippen LogP contribution is -2.32. The molecule has 0 fully saturated rings. The highest BCUT2D eigenvalue weighted by molar-refractivity contribution is 7.07. The Bertz CT molecular complexity index is 1330. The first-order valence-electron chi connectivity index (χ1n) is 10.7. The Hall–Kier alpha value is -3.83. The summed E-state index contributed by atoms with van der Waals surface area (Å²) < 4.78 is 7.06. The van der Waals surface area contributed by atoms with Gasteiger partial charge in [-0.3, -0.25) is 9.36 Å². The molecular formula is C25H26N4O3S. The number of anilines is 2. The monoisotopic (exact) mass is 462 g/mol. The number of thiazole rings is 1. The topological polar surface area (TPSA) is 110 Å². The fourth-order valence-electron chi connectivity index (χ4n) is 3.27. The molecule has 0 aliphatic carbocycles. The van der Waals surface area contributed by atoms with E-state index in [4.69, 9.17) is 10.5 Å². The maximum Gasteiger partial charge on any atom is 0.351 e. The van der Waals surface area contributed by atoms with Crippen molar-refractivity contribution in [1.29, 1.82) is 5.26 Å². The standard InChI is InChI=1S/C25H26N4O3S/c1-3-29-23(30)22(33-24(29)21(15-26)25(31)32-4-2)16-28-20-13-9-18(10-14-20)6-5-17-7-11-19(27)12-8-17/h7-14,16,28H,3-6,27H2,1-2H3. The van der Waals surface area contributed by atoms with Crippen molar-refractivity contribution in [2.45, 2.75) is 33.2 Å². The maximum atomic E-state index is 12.8. The van der Waals surface area contributed by atoms with Crippen molar-refractivity contribution in [2.75, 3.05) is 17.7 Å². The molecular weight excluding hydrogens is 436 g/mol. The average Bonchev–Trinajstić information content (AvgIpc) is 3.13. The molecule has 3 aromatic rings. The largest absolute Gasteiger partial charge is 0.462 e. The summed E-state index contributed by atoms with van der Waals surface area (Å²) in [6.45, 7) is 3.95. The molecule has 0 radical (unpaired) electrons. The van der Waals surface area contributed by atoms with Crippen molar-refractivity contribution in [1.82, 2.24) is 4.57 Å². The first-order chi connectivity index (χ1) is 16.0. The highest BCUT2D eigenvalue weighted by atomic mass is 32.1. The van der Waals surface area contributed by atoms with Gasteiger partial charge in [0.05, 0.1) is 6.61 Å². The fraction of sp³-hybridized carbons (Fsp3) is 0.240. The van der Waals surface area contributed by atoms with E-state index in [0.29, 0.717) is 15.7 Å². The van der Waals surface area contributed by atoms with Crippen LogP contribution in [-0.4, -0.2) is 17.1 Å². The van der Waals surface area contributed by atoms with E-state index in [1.165, 1.54) is 15.7 Å². The summed E-state index contributed by atoms with van der Waals surface area (Å²) >= 11 is 1.09. The van der Waals surface area contributed by atoms with Gasteiger partial charge in [0.1, 0.15) is 15.3 Å². The van der Waals surface area contributed by atoms with Gasteiger partial charge in [-0.25, -0.2) is 4.79 Å². The van der Waals surface area contributed by atoms with Gasteiger partial charge in [0, 0.05) is 24.1 Å². The van der Waals surface area contributed by atoms with E-state index >= 15 is 0 Å². The number of aryl methyl sites for hydroxylation is 2. The molecule has 1 aromatic heterocycles. The normalized spacial score (nSPS) is 12.2. The quantitative estimate of drug-likeness (QED) is 0.393. The molecule has 3 rings (SSSR count). The van der Waals surface area contributed by atoms with Crippen LogP contribution in [0.5, 0.6) is 0 Å². The molecule has 0 unspecified atom stereocenters. The Morgan fingerprint density at radius 2 is 1.73 bits per heavy atom. The van der Waals surface area contributed by atoms with Crippen molar-refractivity contribution < 1.29 is 9.53 Å². The van der Waals surface area contributed by atoms with E-state index in [1.807, 2.05) is 54.6 Å². The second-order valence-electron chi connectivity index (χ2n) is 7.26. The first kappa shape index (κ1) is 23.8. The Balaban J connectivity index is 1.79. The van der Waals surface area contributed by atoms with Gasteiger partial charge >= 0.3 is 5.97 Å². The number of nitriles is 1. The molecule has 2 aromatic carbocycles. The molecule has 1 heterocycles. The van der Waals surface area contributed by atoms with E-state index in [1.54, 1.807) is 20.0 Å². The summed E-state index contributed by atoms with van der Waals surface area (Å²) in [5, 5.41) is 12.6. The number of hydrogen-bond acceptors (Lipinski definition) is 7. The molecule has 0 saturated carbocycles. The summed E-state index contributed by atoms with van der Waals surface area (Å²) in [7, 11) is 0. The third-order valence-corrected chi connectivity index (χ3v) is 6.17. The number of rotatable bonds is 8. The van der Waals surface area contributed by atoms with Crippen LogP contribution in [0.2, 0.25) is 0 Å². The molecule has 3 N–H and O–H groups in total. The van der Waals surface area contributed by atoms with Crippen LogP contribution in [0.1, 0.15) is 25.0 Å². The Kier molecular flexibility index (Phi) is 8.06. The van der Waals surface area contributed by atoms with E-state index in [0.717, 1.165) is 35.6 Å². The van der Waals surface area contributed by atoms with Gasteiger partial charge in [0.2, 0.25) is 0 Å². The number of aromatic nitrogens is 1. The van der Waals surface area contributed by atoms with E-state index in [9.17, 15) is 14.9 Å². The maximum absolute atomic E-state index is 12.8. The lowest BCUT2D eigenvalue weighted by molar-refractivity contribution is -0.136. The smallest absolute Gasteiger partial charge is 0.351 e. The molecule has 33 heavy (non-hydrogen) atoms. The molecule has 0 aliphatic heterocycles. The molecule has 0 bridgehead atoms. The lowest BCUT2D eigenvalue weighted by Gasteiger charge is -2.05. The Morgan fingerprint density at radius 3 is 2.27 bits per heavy atom. The zero-order valence-corrected chi connectivity index (χ0v) is 19.4. The van der Waals surface area contributed by atoms with Crippen LogP contribution in [0.3, 0.4) is 0 Å². The van der Waals surface area contributed by atoms with Crippen LogP contribution in [0.25, 0.3) is 11.8 Å². The van der Waals surface area contributed by atoms with Gasteiger partial charge in [-0.15, -0.1) is 11.3 Å². The van der Waals surface area contributed by atoms with Crippen LogP contribution in [-0.2, 0) is 28.9 Å². The second kappa shape index (κ2) is 11.2. The summed E-state index contributed by atoms with van der Waals surface area (Å²) in [6, 6.07) is 17.8. The van der Waals surface area contributed by atoms with Crippen LogP contribution >= 0.6 is 11.3 Å². The molecule has 170 valence electrons. The van der Waals surface area contributed by atoms with Gasteiger partial charge in [0.25, 0.3) is 5.56 Å². The van der Waals surface area contributed by atoms with Crippen molar-refractivity contribution in [3.8, 4) is 6.07 Å². The predicted octanol–water partition coefficient (Wildman–Crippen LogP) is 2.38. The zero-order valence-electron chi connectivity index (χ0n) is 18.6. The molecule has 0 spiro atoms. The number of carbonyl (C=O) groups is 1. The number of nitrogen functional groups attached to an aromatic ring is 1. The number of nitrogens with one attached hydrogen (secondary N) is 1. The van der Waals surface area contributed by atoms with Crippen molar-refractivity contribution in [2.24, 2.45) is 0 Å². The van der Waals surface area contributed by atoms with Crippen molar-refractivity contribution >= 4 is 40.5 Å². The lowest BCUT2D eigenvalue weighted by atomic mass is 10.0. The van der Waals surface area contributed by atoms with Crippen molar-refractivity contribution in [3.05, 3.63) is 79.2 Å². The van der Waals surface area contributed by atoms with E-state index in [-0.39, 0.29) is 17.7 Å². The van der Waals surface area contributed by atoms with Gasteiger partial charge in [-0.1, -0.05) is 24.3 Å². The first-order valence-corrected chi connectivity index (χ1v) is 11.5. The summed E-state index contributed by atoms with van der Waals surface area (Å²) in [5.74, 6) is -0.725. The van der Waals surface area contributed by atoms with Gasteiger partial charge in [0.15, 0.2) is 5.57 Å². The molecule has 0 aliphatic rings. The van der Waals surface area contributed by atoms with Gasteiger partial charge in [-0.2, -0.15) is 5.26 Å². The summed E-state index contributed by atoms with van der Waals surface area (Å²) in [6.07, 6.45) is 3.43. The molecule has 0 saturated heterocycles. The van der Waals surface area contributed by atoms with Gasteiger partial charge in [-0.05, 0) is 62.1 Å². The average molecular weight is 463 g/mol. The number of nitrogens with two attached hydrogens (primary N) is 1. The Labute approximate surface area is 196 Å². The number of ether oxygens (including phenoxy) is 1. The minimum atomic E-state index is -0.725. The van der Waals surface area contributed by atoms with Crippen molar-refractivity contribution in [3.63, 3.8) is 0 Å². The minimum absolute atomic E-state index is 0.155. The number of carbonyl (C=O) groups excluding carboxylic acids is 1. The third-order valence-electron chi connectivity index (χ3n) is 5.04. The minimum Gasteiger partial charge on any atom is -0.462 e. The second-order valence-corrected chi connectivity index (χ2v) is 8.29.